The molecule has 0 aromatic heterocycles. The molecule has 2 heterocycles. The van der Waals surface area contributed by atoms with Gasteiger partial charge in [0.25, 0.3) is 0 Å². The normalized spacial score (nSPS) is 29.9. The molecule has 3 atom stereocenters. The predicted octanol–water partition coefficient (Wildman–Crippen LogP) is 2.46. The monoisotopic (exact) mass is 288 g/mol. The highest BCUT2D eigenvalue weighted by molar-refractivity contribution is 5.84. The minimum absolute atomic E-state index is 0.00251. The number of ether oxygens (including phenoxy) is 1. The van der Waals surface area contributed by atoms with Gasteiger partial charge in [0, 0.05) is 13.2 Å². The average Bonchev–Trinajstić information content (AvgIpc) is 2.82. The molecular formula is C17H24N2O2. The summed E-state index contributed by atoms with van der Waals surface area (Å²) in [6.45, 7) is 3.57. The Balaban J connectivity index is 1.66. The van der Waals surface area contributed by atoms with Gasteiger partial charge in [0.05, 0.1) is 12.1 Å². The van der Waals surface area contributed by atoms with Crippen LogP contribution in [0, 0.1) is 0 Å². The van der Waals surface area contributed by atoms with Crippen molar-refractivity contribution in [1.29, 1.82) is 0 Å². The zero-order valence-corrected chi connectivity index (χ0v) is 12.6. The summed E-state index contributed by atoms with van der Waals surface area (Å²) >= 11 is 0. The van der Waals surface area contributed by atoms with Crippen molar-refractivity contribution in [2.24, 2.45) is 0 Å². The molecule has 1 N–H and O–H groups in total. The molecule has 2 aliphatic rings. The second-order valence-corrected chi connectivity index (χ2v) is 6.01. The van der Waals surface area contributed by atoms with Crippen molar-refractivity contribution in [1.82, 2.24) is 10.2 Å². The van der Waals surface area contributed by atoms with Gasteiger partial charge in [-0.05, 0) is 38.2 Å². The maximum atomic E-state index is 12.4. The number of rotatable bonds is 4. The molecule has 2 saturated heterocycles. The third-order valence-electron chi connectivity index (χ3n) is 4.45. The van der Waals surface area contributed by atoms with Gasteiger partial charge in [-0.1, -0.05) is 30.3 Å². The van der Waals surface area contributed by atoms with E-state index in [1.54, 1.807) is 0 Å². The lowest BCUT2D eigenvalue weighted by Gasteiger charge is -2.28. The van der Waals surface area contributed by atoms with Crippen LogP contribution in [0.4, 0.5) is 0 Å². The number of nitrogens with one attached hydrogen (secondary N) is 1. The summed E-state index contributed by atoms with van der Waals surface area (Å²) in [6, 6.07) is 10.1. The first-order valence-corrected chi connectivity index (χ1v) is 7.99. The number of carbonyl (C=O) groups is 1. The average molecular weight is 288 g/mol. The van der Waals surface area contributed by atoms with E-state index in [9.17, 15) is 4.79 Å². The Bertz CT molecular complexity index is 471. The van der Waals surface area contributed by atoms with Crippen molar-refractivity contribution in [2.45, 2.75) is 50.9 Å². The van der Waals surface area contributed by atoms with Crippen molar-refractivity contribution >= 4 is 5.91 Å². The fourth-order valence-electron chi connectivity index (χ4n) is 3.24. The summed E-state index contributed by atoms with van der Waals surface area (Å²) in [5, 5.41) is 3.39. The molecule has 0 radical (unpaired) electrons. The molecule has 2 aliphatic heterocycles. The third-order valence-corrected chi connectivity index (χ3v) is 4.45. The lowest BCUT2D eigenvalue weighted by molar-refractivity contribution is -0.130. The molecule has 4 heteroatoms. The smallest absolute Gasteiger partial charge is 0.241 e. The molecule has 1 amide bonds. The van der Waals surface area contributed by atoms with E-state index in [-0.39, 0.29) is 18.1 Å². The SMILES string of the molecule is CC1NC(c2ccccc2)N(CCC2CCCCO2)C1=O. The number of benzene rings is 1. The molecule has 0 saturated carbocycles. The molecule has 0 spiro atoms. The number of hydrogen-bond donors (Lipinski definition) is 1. The van der Waals surface area contributed by atoms with Crippen LogP contribution in [0.5, 0.6) is 0 Å². The van der Waals surface area contributed by atoms with Crippen LogP contribution < -0.4 is 5.32 Å². The van der Waals surface area contributed by atoms with Crippen LogP contribution in [-0.2, 0) is 9.53 Å². The van der Waals surface area contributed by atoms with Gasteiger partial charge < -0.3 is 9.64 Å². The second-order valence-electron chi connectivity index (χ2n) is 6.01. The van der Waals surface area contributed by atoms with E-state index in [0.29, 0.717) is 6.10 Å². The minimum atomic E-state index is -0.109. The van der Waals surface area contributed by atoms with Crippen LogP contribution in [0.3, 0.4) is 0 Å². The number of nitrogens with zero attached hydrogens (tertiary/aromatic N) is 1. The zero-order chi connectivity index (χ0) is 14.7. The van der Waals surface area contributed by atoms with E-state index >= 15 is 0 Å². The standard InChI is InChI=1S/C17H24N2O2/c1-13-17(20)19(11-10-15-9-5-6-12-21-15)16(18-13)14-7-3-2-4-8-14/h2-4,7-8,13,15-16,18H,5-6,9-12H2,1H3. The van der Waals surface area contributed by atoms with E-state index < -0.39 is 0 Å². The topological polar surface area (TPSA) is 41.6 Å². The first-order valence-electron chi connectivity index (χ1n) is 7.99. The number of hydrogen-bond acceptors (Lipinski definition) is 3. The first kappa shape index (κ1) is 14.5. The van der Waals surface area contributed by atoms with Gasteiger partial charge in [0.1, 0.15) is 6.17 Å². The van der Waals surface area contributed by atoms with Crippen LogP contribution in [0.2, 0.25) is 0 Å². The highest BCUT2D eigenvalue weighted by Gasteiger charge is 2.37. The Morgan fingerprint density at radius 2 is 2.10 bits per heavy atom. The van der Waals surface area contributed by atoms with Crippen molar-refractivity contribution in [3.05, 3.63) is 35.9 Å². The van der Waals surface area contributed by atoms with Crippen LogP contribution in [0.25, 0.3) is 0 Å². The van der Waals surface area contributed by atoms with E-state index in [4.69, 9.17) is 4.74 Å². The summed E-state index contributed by atoms with van der Waals surface area (Å²) < 4.78 is 5.78. The summed E-state index contributed by atoms with van der Waals surface area (Å²) in [4.78, 5) is 14.4. The highest BCUT2D eigenvalue weighted by atomic mass is 16.5. The van der Waals surface area contributed by atoms with Crippen molar-refractivity contribution in [3.8, 4) is 0 Å². The summed E-state index contributed by atoms with van der Waals surface area (Å²) in [6.07, 6.45) is 4.79. The lowest BCUT2D eigenvalue weighted by Crippen LogP contribution is -2.34. The molecule has 2 fully saturated rings. The fraction of sp³-hybridized carbons (Fsp3) is 0.588. The Kier molecular flexibility index (Phi) is 4.56. The van der Waals surface area contributed by atoms with E-state index in [2.05, 4.69) is 17.4 Å². The van der Waals surface area contributed by atoms with Gasteiger partial charge in [-0.25, -0.2) is 0 Å². The molecule has 21 heavy (non-hydrogen) atoms. The fourth-order valence-corrected chi connectivity index (χ4v) is 3.24. The molecule has 0 bridgehead atoms. The number of carbonyl (C=O) groups excluding carboxylic acids is 1. The quantitative estimate of drug-likeness (QED) is 0.925. The Morgan fingerprint density at radius 1 is 1.29 bits per heavy atom. The molecule has 4 nitrogen and oxygen atoms in total. The van der Waals surface area contributed by atoms with Gasteiger partial charge in [-0.15, -0.1) is 0 Å². The van der Waals surface area contributed by atoms with E-state index in [0.717, 1.165) is 31.6 Å². The Hall–Kier alpha value is -1.39. The Morgan fingerprint density at radius 3 is 2.81 bits per heavy atom. The molecule has 0 aliphatic carbocycles. The van der Waals surface area contributed by atoms with Crippen LogP contribution in [0.15, 0.2) is 30.3 Å². The van der Waals surface area contributed by atoms with Gasteiger partial charge in [0.2, 0.25) is 5.91 Å². The van der Waals surface area contributed by atoms with Gasteiger partial charge in [0.15, 0.2) is 0 Å². The molecule has 114 valence electrons. The van der Waals surface area contributed by atoms with Crippen molar-refractivity contribution in [2.75, 3.05) is 13.2 Å². The minimum Gasteiger partial charge on any atom is -0.378 e. The molecule has 1 aromatic rings. The maximum absolute atomic E-state index is 12.4. The van der Waals surface area contributed by atoms with Crippen molar-refractivity contribution in [3.63, 3.8) is 0 Å². The lowest BCUT2D eigenvalue weighted by atomic mass is 10.1. The second kappa shape index (κ2) is 6.58. The van der Waals surface area contributed by atoms with Gasteiger partial charge >= 0.3 is 0 Å². The maximum Gasteiger partial charge on any atom is 0.241 e. The Labute approximate surface area is 126 Å². The zero-order valence-electron chi connectivity index (χ0n) is 12.6. The van der Waals surface area contributed by atoms with Crippen LogP contribution >= 0.6 is 0 Å². The summed E-state index contributed by atoms with van der Waals surface area (Å²) in [7, 11) is 0. The largest absolute Gasteiger partial charge is 0.378 e. The van der Waals surface area contributed by atoms with Crippen LogP contribution in [-0.4, -0.2) is 36.1 Å². The molecular weight excluding hydrogens is 264 g/mol. The van der Waals surface area contributed by atoms with Crippen LogP contribution in [0.1, 0.15) is 44.3 Å². The highest BCUT2D eigenvalue weighted by Crippen LogP contribution is 2.26. The third kappa shape index (κ3) is 3.27. The van der Waals surface area contributed by atoms with Gasteiger partial charge in [-0.3, -0.25) is 10.1 Å². The van der Waals surface area contributed by atoms with E-state index in [1.807, 2.05) is 30.0 Å². The molecule has 3 rings (SSSR count). The number of amides is 1. The summed E-state index contributed by atoms with van der Waals surface area (Å²) in [5.41, 5.74) is 1.15. The van der Waals surface area contributed by atoms with Gasteiger partial charge in [-0.2, -0.15) is 0 Å². The van der Waals surface area contributed by atoms with E-state index in [1.165, 1.54) is 12.8 Å². The first-order chi connectivity index (χ1) is 10.3. The summed E-state index contributed by atoms with van der Waals surface area (Å²) in [5.74, 6) is 0.194. The molecule has 3 unspecified atom stereocenters. The molecule has 1 aromatic carbocycles. The predicted molar refractivity (Wildman–Crippen MR) is 81.7 cm³/mol. The van der Waals surface area contributed by atoms with Crippen molar-refractivity contribution < 1.29 is 9.53 Å².